The number of hydrogen-bond donors (Lipinski definition) is 0. The zero-order chi connectivity index (χ0) is 9.98. The molecule has 0 saturated carbocycles. The van der Waals surface area contributed by atoms with E-state index in [2.05, 4.69) is 17.7 Å². The summed E-state index contributed by atoms with van der Waals surface area (Å²) in [5.41, 5.74) is 0. The summed E-state index contributed by atoms with van der Waals surface area (Å²) < 4.78 is 17.0. The van der Waals surface area contributed by atoms with Gasteiger partial charge in [-0.05, 0) is 0 Å². The summed E-state index contributed by atoms with van der Waals surface area (Å²) in [5, 5.41) is 0. The molecule has 0 rings (SSSR count). The van der Waals surface area contributed by atoms with E-state index in [0.717, 1.165) is 0 Å². The largest absolute Gasteiger partial charge is 1.00 e. The average Bonchev–Trinajstić information content (AvgIpc) is 2.16. The van der Waals surface area contributed by atoms with E-state index in [9.17, 15) is 9.59 Å². The molecule has 0 atom stereocenters. The summed E-state index contributed by atoms with van der Waals surface area (Å²) >= 11 is 0. The van der Waals surface area contributed by atoms with Crippen LogP contribution in [0.25, 0.3) is 0 Å². The Labute approximate surface area is 132 Å². The maximum atomic E-state index is 9.96. The second-order valence-corrected chi connectivity index (χ2v) is 4.56. The molecule has 0 aromatic rings. The van der Waals surface area contributed by atoms with E-state index in [1.165, 1.54) is 28.4 Å². The Hall–Kier alpha value is 2.19. The van der Waals surface area contributed by atoms with Gasteiger partial charge in [0.1, 0.15) is 0 Å². The van der Waals surface area contributed by atoms with Crippen molar-refractivity contribution in [3.05, 3.63) is 0 Å². The van der Waals surface area contributed by atoms with E-state index in [1.54, 1.807) is 0 Å². The van der Waals surface area contributed by atoms with Crippen molar-refractivity contribution in [2.75, 3.05) is 28.4 Å². The molecule has 0 bridgehead atoms. The summed E-state index contributed by atoms with van der Waals surface area (Å²) in [7, 11) is 0.597. The van der Waals surface area contributed by atoms with Crippen LogP contribution in [0.2, 0.25) is 0 Å². The van der Waals surface area contributed by atoms with Gasteiger partial charge in [-0.15, -0.1) is 0 Å². The third kappa shape index (κ3) is 23.8. The van der Waals surface area contributed by atoms with Gasteiger partial charge in [0.05, 0.1) is 0 Å². The fourth-order valence-corrected chi connectivity index (χ4v) is 0.577. The van der Waals surface area contributed by atoms with Crippen LogP contribution in [0.15, 0.2) is 0 Å². The summed E-state index contributed by atoms with van der Waals surface area (Å²) in [6.45, 7) is 0. The van der Waals surface area contributed by atoms with Crippen LogP contribution in [0.3, 0.4) is 0 Å². The van der Waals surface area contributed by atoms with Crippen LogP contribution in [-0.2, 0) is 17.7 Å². The van der Waals surface area contributed by atoms with E-state index in [0.29, 0.717) is 0 Å². The fraction of sp³-hybridized carbons (Fsp3) is 1.00. The monoisotopic (exact) mass is 260 g/mol. The second-order valence-electron chi connectivity index (χ2n) is 1.52. The molecular formula is C4H14Na2O6Si2. The minimum absolute atomic E-state index is 0. The standard InChI is InChI=1S/2C2H7O3Si.2Na/c2*1-4-6(3)5-2;;/h2*6H,1-2H3;;/q2*-1;2*+1. The van der Waals surface area contributed by atoms with Gasteiger partial charge >= 0.3 is 59.1 Å². The molecule has 0 aliphatic heterocycles. The first-order valence-corrected chi connectivity index (χ1v) is 5.88. The molecule has 0 aliphatic rings. The van der Waals surface area contributed by atoms with Gasteiger partial charge in [-0.3, -0.25) is 0 Å². The van der Waals surface area contributed by atoms with E-state index < -0.39 is 19.1 Å². The molecule has 0 aromatic carbocycles. The van der Waals surface area contributed by atoms with Crippen molar-refractivity contribution < 1.29 is 86.4 Å². The molecule has 0 saturated heterocycles. The Morgan fingerprint density at radius 3 is 0.786 bits per heavy atom. The van der Waals surface area contributed by atoms with Crippen molar-refractivity contribution in [1.82, 2.24) is 0 Å². The molecule has 76 valence electrons. The Kier molecular flexibility index (Phi) is 37.0. The van der Waals surface area contributed by atoms with Gasteiger partial charge in [0.15, 0.2) is 0 Å². The minimum Gasteiger partial charge on any atom is -0.819 e. The van der Waals surface area contributed by atoms with Crippen LogP contribution in [0.1, 0.15) is 0 Å². The average molecular weight is 260 g/mol. The van der Waals surface area contributed by atoms with Crippen LogP contribution < -0.4 is 68.7 Å². The molecule has 0 amide bonds. The van der Waals surface area contributed by atoms with Crippen molar-refractivity contribution in [2.45, 2.75) is 0 Å². The smallest absolute Gasteiger partial charge is 0.819 e. The molecule has 6 nitrogen and oxygen atoms in total. The number of rotatable bonds is 4. The van der Waals surface area contributed by atoms with Crippen LogP contribution >= 0.6 is 0 Å². The van der Waals surface area contributed by atoms with Crippen molar-refractivity contribution in [3.8, 4) is 0 Å². The zero-order valence-electron chi connectivity index (χ0n) is 9.60. The van der Waals surface area contributed by atoms with Crippen LogP contribution in [0.5, 0.6) is 0 Å². The fourth-order valence-electron chi connectivity index (χ4n) is 0.192. The molecule has 0 aromatic heterocycles. The zero-order valence-corrected chi connectivity index (χ0v) is 15.9. The van der Waals surface area contributed by atoms with Crippen molar-refractivity contribution in [2.24, 2.45) is 0 Å². The second kappa shape index (κ2) is 20.6. The molecule has 10 heteroatoms. The molecule has 14 heavy (non-hydrogen) atoms. The maximum absolute atomic E-state index is 9.96. The van der Waals surface area contributed by atoms with E-state index in [-0.39, 0.29) is 59.1 Å². The Balaban J connectivity index is -0.0000000625. The van der Waals surface area contributed by atoms with Crippen LogP contribution in [0, 0.1) is 0 Å². The third-order valence-corrected chi connectivity index (χ3v) is 2.31. The maximum Gasteiger partial charge on any atom is 1.00 e. The molecule has 0 aliphatic carbocycles. The molecule has 0 unspecified atom stereocenters. The first-order chi connectivity index (χ1) is 5.62. The van der Waals surface area contributed by atoms with Gasteiger partial charge in [-0.25, -0.2) is 0 Å². The quantitative estimate of drug-likeness (QED) is 0.467. The molecular weight excluding hydrogens is 246 g/mol. The van der Waals surface area contributed by atoms with Crippen molar-refractivity contribution in [1.29, 1.82) is 0 Å². The Bertz CT molecular complexity index is 74.2. The van der Waals surface area contributed by atoms with E-state index in [4.69, 9.17) is 0 Å². The molecule has 0 radical (unpaired) electrons. The van der Waals surface area contributed by atoms with Gasteiger partial charge in [-0.2, -0.15) is 0 Å². The van der Waals surface area contributed by atoms with Gasteiger partial charge < -0.3 is 27.3 Å². The first-order valence-electron chi connectivity index (χ1n) is 3.05. The normalized spacial score (nSPS) is 8.57. The van der Waals surface area contributed by atoms with Crippen LogP contribution in [0.4, 0.5) is 0 Å². The van der Waals surface area contributed by atoms with Crippen molar-refractivity contribution >= 4 is 19.1 Å². The predicted octanol–water partition coefficient (Wildman–Crippen LogP) is -9.28. The number of hydrogen-bond acceptors (Lipinski definition) is 6. The SMILES string of the molecule is CO[SiH]([O-])OC.CO[SiH]([O-])OC.[Na+].[Na+]. The molecule has 0 fully saturated rings. The van der Waals surface area contributed by atoms with Gasteiger partial charge in [0.2, 0.25) is 19.1 Å². The van der Waals surface area contributed by atoms with Gasteiger partial charge in [0, 0.05) is 28.4 Å². The molecule has 0 heterocycles. The Morgan fingerprint density at radius 2 is 0.786 bits per heavy atom. The van der Waals surface area contributed by atoms with E-state index >= 15 is 0 Å². The predicted molar refractivity (Wildman–Crippen MR) is 42.3 cm³/mol. The first kappa shape index (κ1) is 25.1. The van der Waals surface area contributed by atoms with E-state index in [1.807, 2.05) is 0 Å². The van der Waals surface area contributed by atoms with Crippen molar-refractivity contribution in [3.63, 3.8) is 0 Å². The third-order valence-electron chi connectivity index (χ3n) is 0.770. The topological polar surface area (TPSA) is 83.0 Å². The van der Waals surface area contributed by atoms with Crippen LogP contribution in [-0.4, -0.2) is 47.5 Å². The molecule has 0 N–H and O–H groups in total. The Morgan fingerprint density at radius 1 is 0.643 bits per heavy atom. The summed E-state index contributed by atoms with van der Waals surface area (Å²) in [4.78, 5) is 19.9. The van der Waals surface area contributed by atoms with Gasteiger partial charge in [0.25, 0.3) is 0 Å². The minimum atomic E-state index is -2.41. The summed E-state index contributed by atoms with van der Waals surface area (Å²) in [6.07, 6.45) is 0. The summed E-state index contributed by atoms with van der Waals surface area (Å²) in [6, 6.07) is 0. The summed E-state index contributed by atoms with van der Waals surface area (Å²) in [5.74, 6) is 0. The van der Waals surface area contributed by atoms with Gasteiger partial charge in [-0.1, -0.05) is 0 Å². The molecule has 0 spiro atoms.